The Morgan fingerprint density at radius 3 is 2.67 bits per heavy atom. The molecule has 0 saturated carbocycles. The van der Waals surface area contributed by atoms with Crippen LogP contribution in [0.15, 0.2) is 42.6 Å². The van der Waals surface area contributed by atoms with Gasteiger partial charge in [-0.05, 0) is 24.3 Å². The molecule has 0 aliphatic rings. The van der Waals surface area contributed by atoms with Crippen molar-refractivity contribution in [2.45, 2.75) is 0 Å². The van der Waals surface area contributed by atoms with Gasteiger partial charge in [0.2, 0.25) is 0 Å². The molecule has 1 heterocycles. The highest BCUT2D eigenvalue weighted by Gasteiger charge is 1.98. The Morgan fingerprint density at radius 1 is 1.13 bits per heavy atom. The number of aromatic nitrogens is 1. The predicted molar refractivity (Wildman–Crippen MR) is 60.2 cm³/mol. The van der Waals surface area contributed by atoms with Crippen LogP contribution in [0.25, 0.3) is 0 Å². The fourth-order valence-electron chi connectivity index (χ4n) is 1.16. The minimum Gasteiger partial charge on any atom is -0.457 e. The quantitative estimate of drug-likeness (QED) is 0.846. The summed E-state index contributed by atoms with van der Waals surface area (Å²) in [4.78, 5) is 3.87. The van der Waals surface area contributed by atoms with Gasteiger partial charge < -0.3 is 10.5 Å². The SMILES string of the molecule is Nc1cc(Oc2cccc(Cl)c2)ccn1. The van der Waals surface area contributed by atoms with Crippen LogP contribution in [0, 0.1) is 0 Å². The summed E-state index contributed by atoms with van der Waals surface area (Å²) in [5.41, 5.74) is 5.52. The summed E-state index contributed by atoms with van der Waals surface area (Å²) in [6, 6.07) is 10.6. The molecule has 4 heteroatoms. The highest BCUT2D eigenvalue weighted by atomic mass is 35.5. The Hall–Kier alpha value is -1.74. The summed E-state index contributed by atoms with van der Waals surface area (Å²) >= 11 is 5.83. The maximum atomic E-state index is 5.83. The summed E-state index contributed by atoms with van der Waals surface area (Å²) in [5, 5.41) is 0.634. The van der Waals surface area contributed by atoms with Crippen LogP contribution in [0.1, 0.15) is 0 Å². The van der Waals surface area contributed by atoms with Crippen molar-refractivity contribution in [3.8, 4) is 11.5 Å². The standard InChI is InChI=1S/C11H9ClN2O/c12-8-2-1-3-9(6-8)15-10-4-5-14-11(13)7-10/h1-7H,(H2,13,14). The van der Waals surface area contributed by atoms with Gasteiger partial charge in [-0.15, -0.1) is 0 Å². The van der Waals surface area contributed by atoms with Gasteiger partial charge in [0.15, 0.2) is 0 Å². The van der Waals surface area contributed by atoms with E-state index >= 15 is 0 Å². The number of hydrogen-bond donors (Lipinski definition) is 1. The van der Waals surface area contributed by atoms with E-state index < -0.39 is 0 Å². The summed E-state index contributed by atoms with van der Waals surface area (Å²) in [6.07, 6.45) is 1.59. The van der Waals surface area contributed by atoms with Crippen LogP contribution in [0.2, 0.25) is 5.02 Å². The van der Waals surface area contributed by atoms with Crippen LogP contribution in [0.4, 0.5) is 5.82 Å². The number of hydrogen-bond acceptors (Lipinski definition) is 3. The zero-order valence-electron chi connectivity index (χ0n) is 7.85. The second-order valence-electron chi connectivity index (χ2n) is 2.98. The number of anilines is 1. The van der Waals surface area contributed by atoms with Crippen LogP contribution in [0.3, 0.4) is 0 Å². The van der Waals surface area contributed by atoms with Crippen molar-refractivity contribution in [2.24, 2.45) is 0 Å². The van der Waals surface area contributed by atoms with E-state index in [-0.39, 0.29) is 0 Å². The molecule has 2 N–H and O–H groups in total. The number of nitrogens with zero attached hydrogens (tertiary/aromatic N) is 1. The molecule has 3 nitrogen and oxygen atoms in total. The maximum absolute atomic E-state index is 5.83. The van der Waals surface area contributed by atoms with E-state index in [1.807, 2.05) is 12.1 Å². The molecular weight excluding hydrogens is 212 g/mol. The van der Waals surface area contributed by atoms with E-state index in [4.69, 9.17) is 22.1 Å². The average molecular weight is 221 g/mol. The molecular formula is C11H9ClN2O. The van der Waals surface area contributed by atoms with E-state index in [0.717, 1.165) is 0 Å². The van der Waals surface area contributed by atoms with E-state index in [2.05, 4.69) is 4.98 Å². The van der Waals surface area contributed by atoms with Crippen molar-refractivity contribution in [3.63, 3.8) is 0 Å². The van der Waals surface area contributed by atoms with Crippen molar-refractivity contribution in [2.75, 3.05) is 5.73 Å². The Labute approximate surface area is 92.5 Å². The molecule has 0 spiro atoms. The first-order chi connectivity index (χ1) is 7.24. The lowest BCUT2D eigenvalue weighted by atomic mass is 10.3. The van der Waals surface area contributed by atoms with Gasteiger partial charge in [-0.3, -0.25) is 0 Å². The molecule has 0 saturated heterocycles. The Morgan fingerprint density at radius 2 is 1.93 bits per heavy atom. The van der Waals surface area contributed by atoms with Gasteiger partial charge in [0, 0.05) is 17.3 Å². The molecule has 2 aromatic rings. The van der Waals surface area contributed by atoms with Crippen LogP contribution in [-0.4, -0.2) is 4.98 Å². The first-order valence-corrected chi connectivity index (χ1v) is 4.77. The van der Waals surface area contributed by atoms with Crippen LogP contribution in [0.5, 0.6) is 11.5 Å². The van der Waals surface area contributed by atoms with Gasteiger partial charge in [0.25, 0.3) is 0 Å². The molecule has 0 atom stereocenters. The lowest BCUT2D eigenvalue weighted by Crippen LogP contribution is -1.90. The molecule has 0 radical (unpaired) electrons. The first-order valence-electron chi connectivity index (χ1n) is 4.39. The van der Waals surface area contributed by atoms with E-state index in [1.165, 1.54) is 0 Å². The molecule has 15 heavy (non-hydrogen) atoms. The molecule has 0 aliphatic carbocycles. The fraction of sp³-hybridized carbons (Fsp3) is 0. The highest BCUT2D eigenvalue weighted by Crippen LogP contribution is 2.24. The molecule has 0 fully saturated rings. The summed E-state index contributed by atoms with van der Waals surface area (Å²) in [6.45, 7) is 0. The third kappa shape index (κ3) is 2.60. The minimum absolute atomic E-state index is 0.425. The van der Waals surface area contributed by atoms with Crippen LogP contribution in [-0.2, 0) is 0 Å². The minimum atomic E-state index is 0.425. The number of nitrogens with two attached hydrogens (primary N) is 1. The summed E-state index contributed by atoms with van der Waals surface area (Å²) in [7, 11) is 0. The molecule has 76 valence electrons. The Kier molecular flexibility index (Phi) is 2.74. The molecule has 0 aliphatic heterocycles. The number of ether oxygens (including phenoxy) is 1. The molecule has 0 bridgehead atoms. The van der Waals surface area contributed by atoms with Crippen molar-refractivity contribution in [1.82, 2.24) is 4.98 Å². The largest absolute Gasteiger partial charge is 0.457 e. The van der Waals surface area contributed by atoms with Gasteiger partial charge in [-0.25, -0.2) is 4.98 Å². The normalized spacial score (nSPS) is 9.93. The Balaban J connectivity index is 2.22. The van der Waals surface area contributed by atoms with Gasteiger partial charge in [-0.2, -0.15) is 0 Å². The molecule has 2 rings (SSSR count). The third-order valence-electron chi connectivity index (χ3n) is 1.78. The zero-order valence-corrected chi connectivity index (χ0v) is 8.61. The van der Waals surface area contributed by atoms with Gasteiger partial charge in [-0.1, -0.05) is 17.7 Å². The number of rotatable bonds is 2. The second kappa shape index (κ2) is 4.19. The third-order valence-corrected chi connectivity index (χ3v) is 2.02. The van der Waals surface area contributed by atoms with Gasteiger partial charge in [0.1, 0.15) is 17.3 Å². The van der Waals surface area contributed by atoms with Gasteiger partial charge >= 0.3 is 0 Å². The van der Waals surface area contributed by atoms with Crippen molar-refractivity contribution in [3.05, 3.63) is 47.6 Å². The monoisotopic (exact) mass is 220 g/mol. The smallest absolute Gasteiger partial charge is 0.132 e. The second-order valence-corrected chi connectivity index (χ2v) is 3.41. The number of nitrogen functional groups attached to an aromatic ring is 1. The number of pyridine rings is 1. The van der Waals surface area contributed by atoms with Crippen molar-refractivity contribution >= 4 is 17.4 Å². The number of benzene rings is 1. The highest BCUT2D eigenvalue weighted by molar-refractivity contribution is 6.30. The first kappa shape index (κ1) is 9.80. The predicted octanol–water partition coefficient (Wildman–Crippen LogP) is 3.11. The van der Waals surface area contributed by atoms with E-state index in [1.54, 1.807) is 30.5 Å². The number of halogens is 1. The molecule has 1 aromatic heterocycles. The molecule has 0 amide bonds. The zero-order chi connectivity index (χ0) is 10.7. The van der Waals surface area contributed by atoms with Crippen molar-refractivity contribution < 1.29 is 4.74 Å². The molecule has 0 unspecified atom stereocenters. The fourth-order valence-corrected chi connectivity index (χ4v) is 1.34. The lowest BCUT2D eigenvalue weighted by molar-refractivity contribution is 0.482. The molecule has 1 aromatic carbocycles. The van der Waals surface area contributed by atoms with Crippen LogP contribution < -0.4 is 10.5 Å². The van der Waals surface area contributed by atoms with E-state index in [9.17, 15) is 0 Å². The Bertz CT molecular complexity index is 430. The average Bonchev–Trinajstić information content (AvgIpc) is 2.17. The van der Waals surface area contributed by atoms with E-state index in [0.29, 0.717) is 22.3 Å². The van der Waals surface area contributed by atoms with Gasteiger partial charge in [0.05, 0.1) is 0 Å². The lowest BCUT2D eigenvalue weighted by Gasteiger charge is -2.05. The van der Waals surface area contributed by atoms with Crippen LogP contribution >= 0.6 is 11.6 Å². The summed E-state index contributed by atoms with van der Waals surface area (Å²) in [5.74, 6) is 1.74. The van der Waals surface area contributed by atoms with Crippen molar-refractivity contribution in [1.29, 1.82) is 0 Å². The maximum Gasteiger partial charge on any atom is 0.132 e. The topological polar surface area (TPSA) is 48.1 Å². The summed E-state index contributed by atoms with van der Waals surface area (Å²) < 4.78 is 5.54.